The van der Waals surface area contributed by atoms with Crippen LogP contribution in [0.15, 0.2) is 29.6 Å². The van der Waals surface area contributed by atoms with E-state index >= 15 is 0 Å². The van der Waals surface area contributed by atoms with Gasteiger partial charge in [0.25, 0.3) is 0 Å². The first-order valence-corrected chi connectivity index (χ1v) is 6.29. The average Bonchev–Trinajstić information content (AvgIpc) is 2.81. The molecule has 0 amide bonds. The summed E-state index contributed by atoms with van der Waals surface area (Å²) in [4.78, 5) is 0. The molecule has 2 nitrogen and oxygen atoms in total. The van der Waals surface area contributed by atoms with Crippen LogP contribution in [-0.2, 0) is 9.31 Å². The van der Waals surface area contributed by atoms with Gasteiger partial charge in [0.1, 0.15) is 0 Å². The summed E-state index contributed by atoms with van der Waals surface area (Å²) in [5.74, 6) is 0. The maximum Gasteiger partial charge on any atom is 0.495 e. The summed E-state index contributed by atoms with van der Waals surface area (Å²) in [5.41, 5.74) is 0.986. The van der Waals surface area contributed by atoms with Crippen molar-refractivity contribution in [3.8, 4) is 0 Å². The first-order valence-electron chi connectivity index (χ1n) is 5.41. The van der Waals surface area contributed by atoms with Crippen molar-refractivity contribution in [3.63, 3.8) is 0 Å². The third-order valence-electron chi connectivity index (χ3n) is 2.77. The molecule has 82 valence electrons. The van der Waals surface area contributed by atoms with Gasteiger partial charge in [-0.3, -0.25) is 0 Å². The Morgan fingerprint density at radius 3 is 2.88 bits per heavy atom. The lowest BCUT2D eigenvalue weighted by molar-refractivity contribution is 0.137. The average molecular weight is 232 g/mol. The van der Waals surface area contributed by atoms with E-state index in [1.54, 1.807) is 11.3 Å². The highest BCUT2D eigenvalue weighted by Crippen LogP contribution is 2.24. The van der Waals surface area contributed by atoms with Crippen LogP contribution in [0.1, 0.15) is 13.8 Å². The van der Waals surface area contributed by atoms with Gasteiger partial charge in [-0.05, 0) is 30.7 Å². The highest BCUT2D eigenvalue weighted by Gasteiger charge is 2.39. The third-order valence-corrected chi connectivity index (χ3v) is 3.75. The van der Waals surface area contributed by atoms with Crippen molar-refractivity contribution in [1.29, 1.82) is 0 Å². The first kappa shape index (κ1) is 10.3. The van der Waals surface area contributed by atoms with Crippen LogP contribution in [0.3, 0.4) is 0 Å². The van der Waals surface area contributed by atoms with Crippen molar-refractivity contribution in [2.24, 2.45) is 0 Å². The largest absolute Gasteiger partial charge is 0.495 e. The number of fused-ring (bicyclic) bond motifs is 1. The monoisotopic (exact) mass is 232 g/mol. The van der Waals surface area contributed by atoms with Crippen LogP contribution in [-0.4, -0.2) is 19.3 Å². The van der Waals surface area contributed by atoms with Crippen LogP contribution >= 0.6 is 11.3 Å². The summed E-state index contributed by atoms with van der Waals surface area (Å²) in [6.07, 6.45) is 0. The van der Waals surface area contributed by atoms with Crippen molar-refractivity contribution in [3.05, 3.63) is 29.6 Å². The van der Waals surface area contributed by atoms with Crippen LogP contribution in [0.5, 0.6) is 0 Å². The summed E-state index contributed by atoms with van der Waals surface area (Å²) in [7, 11) is -0.203. The molecule has 2 aromatic rings. The van der Waals surface area contributed by atoms with E-state index in [1.807, 2.05) is 0 Å². The molecule has 1 aliphatic rings. The first-order chi connectivity index (χ1) is 7.66. The van der Waals surface area contributed by atoms with Crippen molar-refractivity contribution in [2.45, 2.75) is 19.4 Å². The standard InChI is InChI=1S/C12H13BO2S/c1-12(2)8-14-13(15-12)10-7-16-11-6-4-3-5-9(10)11/h3-7H,8H2,1-2H3. The fourth-order valence-electron chi connectivity index (χ4n) is 1.97. The molecule has 16 heavy (non-hydrogen) atoms. The second kappa shape index (κ2) is 3.59. The van der Waals surface area contributed by atoms with E-state index in [0.717, 1.165) is 5.46 Å². The molecule has 4 heteroatoms. The Labute approximate surface area is 99.3 Å². The summed E-state index contributed by atoms with van der Waals surface area (Å²) >= 11 is 1.74. The zero-order valence-electron chi connectivity index (χ0n) is 9.40. The van der Waals surface area contributed by atoms with Crippen LogP contribution < -0.4 is 5.46 Å². The lowest BCUT2D eigenvalue weighted by Crippen LogP contribution is -2.33. The van der Waals surface area contributed by atoms with E-state index in [4.69, 9.17) is 9.31 Å². The number of rotatable bonds is 1. The van der Waals surface area contributed by atoms with Crippen molar-refractivity contribution in [2.75, 3.05) is 6.61 Å². The van der Waals surface area contributed by atoms with E-state index in [-0.39, 0.29) is 12.7 Å². The minimum absolute atomic E-state index is 0.173. The predicted molar refractivity (Wildman–Crippen MR) is 68.3 cm³/mol. The van der Waals surface area contributed by atoms with E-state index in [9.17, 15) is 0 Å². The van der Waals surface area contributed by atoms with Gasteiger partial charge in [-0.1, -0.05) is 18.2 Å². The van der Waals surface area contributed by atoms with Gasteiger partial charge in [-0.15, -0.1) is 11.3 Å². The van der Waals surface area contributed by atoms with Crippen LogP contribution in [0.2, 0.25) is 0 Å². The summed E-state index contributed by atoms with van der Waals surface area (Å²) in [6, 6.07) is 8.37. The van der Waals surface area contributed by atoms with E-state index in [2.05, 4.69) is 43.5 Å². The molecule has 1 aromatic heterocycles. The molecule has 1 saturated heterocycles. The normalized spacial score (nSPS) is 19.5. The Morgan fingerprint density at radius 2 is 2.12 bits per heavy atom. The predicted octanol–water partition coefficient (Wildman–Crippen LogP) is 2.42. The van der Waals surface area contributed by atoms with Gasteiger partial charge in [0.05, 0.1) is 12.2 Å². The van der Waals surface area contributed by atoms with Crippen molar-refractivity contribution in [1.82, 2.24) is 0 Å². The van der Waals surface area contributed by atoms with E-state index in [1.165, 1.54) is 10.1 Å². The van der Waals surface area contributed by atoms with Gasteiger partial charge in [-0.2, -0.15) is 0 Å². The lowest BCUT2D eigenvalue weighted by atomic mass is 9.79. The molecule has 0 saturated carbocycles. The summed E-state index contributed by atoms with van der Waals surface area (Å²) in [5, 5.41) is 3.38. The maximum absolute atomic E-state index is 5.89. The minimum Gasteiger partial charge on any atom is -0.404 e. The highest BCUT2D eigenvalue weighted by atomic mass is 32.1. The van der Waals surface area contributed by atoms with Crippen LogP contribution in [0.4, 0.5) is 0 Å². The van der Waals surface area contributed by atoms with Gasteiger partial charge in [-0.25, -0.2) is 0 Å². The molecule has 0 bridgehead atoms. The molecule has 1 aliphatic heterocycles. The van der Waals surface area contributed by atoms with Crippen LogP contribution in [0.25, 0.3) is 10.1 Å². The Kier molecular flexibility index (Phi) is 2.31. The molecule has 0 spiro atoms. The smallest absolute Gasteiger partial charge is 0.404 e. The molecule has 0 radical (unpaired) electrons. The van der Waals surface area contributed by atoms with Crippen molar-refractivity contribution < 1.29 is 9.31 Å². The molecule has 1 fully saturated rings. The number of thiophene rings is 1. The van der Waals surface area contributed by atoms with Gasteiger partial charge in [0, 0.05) is 10.2 Å². The second-order valence-electron chi connectivity index (χ2n) is 4.71. The van der Waals surface area contributed by atoms with E-state index in [0.29, 0.717) is 6.61 Å². The summed E-state index contributed by atoms with van der Waals surface area (Å²) < 4.78 is 12.9. The summed E-state index contributed by atoms with van der Waals surface area (Å²) in [6.45, 7) is 4.77. The lowest BCUT2D eigenvalue weighted by Gasteiger charge is -2.15. The van der Waals surface area contributed by atoms with E-state index < -0.39 is 0 Å². The Morgan fingerprint density at radius 1 is 1.31 bits per heavy atom. The van der Waals surface area contributed by atoms with Gasteiger partial charge in [0.15, 0.2) is 0 Å². The van der Waals surface area contributed by atoms with Gasteiger partial charge >= 0.3 is 7.12 Å². The molecular weight excluding hydrogens is 219 g/mol. The molecule has 0 N–H and O–H groups in total. The Balaban J connectivity index is 2.01. The SMILES string of the molecule is CC1(C)COB(c2csc3ccccc23)O1. The molecular formula is C12H13BO2S. The fourth-order valence-corrected chi connectivity index (χ4v) is 2.93. The Hall–Kier alpha value is -0.835. The minimum atomic E-state index is -0.203. The number of benzene rings is 1. The molecule has 1 aromatic carbocycles. The molecule has 0 unspecified atom stereocenters. The maximum atomic E-state index is 5.89. The van der Waals surface area contributed by atoms with Gasteiger partial charge < -0.3 is 9.31 Å². The number of hydrogen-bond donors (Lipinski definition) is 0. The Bertz CT molecular complexity index is 520. The third kappa shape index (κ3) is 1.67. The number of hydrogen-bond acceptors (Lipinski definition) is 3. The highest BCUT2D eigenvalue weighted by molar-refractivity contribution is 7.18. The topological polar surface area (TPSA) is 18.5 Å². The quantitative estimate of drug-likeness (QED) is 0.703. The molecule has 0 aliphatic carbocycles. The van der Waals surface area contributed by atoms with Crippen LogP contribution in [0, 0.1) is 0 Å². The second-order valence-corrected chi connectivity index (χ2v) is 5.62. The molecule has 3 rings (SSSR count). The fraction of sp³-hybridized carbons (Fsp3) is 0.333. The van der Waals surface area contributed by atoms with Crippen molar-refractivity contribution >= 4 is 34.0 Å². The zero-order chi connectivity index (χ0) is 11.2. The zero-order valence-corrected chi connectivity index (χ0v) is 10.2. The molecule has 2 heterocycles. The van der Waals surface area contributed by atoms with Gasteiger partial charge in [0.2, 0.25) is 0 Å². The molecule has 0 atom stereocenters.